The summed E-state index contributed by atoms with van der Waals surface area (Å²) in [6.45, 7) is 2.25. The third-order valence-electron chi connectivity index (χ3n) is 1.76. The van der Waals surface area contributed by atoms with Crippen LogP contribution in [0.15, 0.2) is 35.2 Å². The zero-order valence-corrected chi connectivity index (χ0v) is 8.14. The zero-order valence-electron chi connectivity index (χ0n) is 7.25. The second-order valence-electron chi connectivity index (χ2n) is 2.76. The Hall–Kier alpha value is -0.365. The molecule has 0 amide bonds. The van der Waals surface area contributed by atoms with Crippen LogP contribution in [0.2, 0.25) is 0 Å². The lowest BCUT2D eigenvalue weighted by molar-refractivity contribution is 1.10. The molecule has 0 saturated heterocycles. The fourth-order valence-corrected chi connectivity index (χ4v) is 2.76. The molecule has 0 nitrogen and oxygen atoms in total. The average molecular weight is 166 g/mol. The Bertz CT molecular complexity index is 198. The van der Waals surface area contributed by atoms with Crippen molar-refractivity contribution < 1.29 is 0 Å². The standard InChI is InChI=1S/C9H15BS/c1-2-8-11(10)9-6-4-3-5-7-9/h3-7,11H,2,8,10H2,1H3. The molecule has 0 radical (unpaired) electrons. The summed E-state index contributed by atoms with van der Waals surface area (Å²) >= 11 is 0. The average Bonchev–Trinajstić information content (AvgIpc) is 2.07. The number of benzene rings is 1. The van der Waals surface area contributed by atoms with Gasteiger partial charge in [-0.25, -0.2) is 0 Å². The molecule has 2 heteroatoms. The molecule has 0 aromatic heterocycles. The second-order valence-corrected chi connectivity index (χ2v) is 5.12. The minimum absolute atomic E-state index is 0.124. The Labute approximate surface area is 72.7 Å². The van der Waals surface area contributed by atoms with Gasteiger partial charge in [-0.3, -0.25) is 10.7 Å². The molecule has 0 aliphatic heterocycles. The Morgan fingerprint density at radius 1 is 1.27 bits per heavy atom. The van der Waals surface area contributed by atoms with E-state index in [0.717, 1.165) is 0 Å². The van der Waals surface area contributed by atoms with Crippen LogP contribution < -0.4 is 0 Å². The zero-order chi connectivity index (χ0) is 8.10. The van der Waals surface area contributed by atoms with Gasteiger partial charge in [-0.05, 0) is 17.1 Å². The van der Waals surface area contributed by atoms with E-state index in [9.17, 15) is 0 Å². The third kappa shape index (κ3) is 2.62. The first-order chi connectivity index (χ1) is 5.34. The van der Waals surface area contributed by atoms with E-state index in [4.69, 9.17) is 0 Å². The van der Waals surface area contributed by atoms with Crippen LogP contribution in [-0.4, -0.2) is 12.9 Å². The lowest BCUT2D eigenvalue weighted by atomic mass is 10.4. The van der Waals surface area contributed by atoms with Crippen molar-refractivity contribution in [3.05, 3.63) is 30.3 Å². The molecule has 1 atom stereocenters. The van der Waals surface area contributed by atoms with Crippen LogP contribution in [-0.2, 0) is 0 Å². The summed E-state index contributed by atoms with van der Waals surface area (Å²) in [7, 11) is 2.48. The SMILES string of the molecule is B[SH](CCC)c1ccccc1. The van der Waals surface area contributed by atoms with Crippen molar-refractivity contribution in [1.82, 2.24) is 0 Å². The van der Waals surface area contributed by atoms with Gasteiger partial charge in [-0.1, -0.05) is 37.3 Å². The Morgan fingerprint density at radius 3 is 2.45 bits per heavy atom. The maximum absolute atomic E-state index is 2.36. The number of hydrogen-bond acceptors (Lipinski definition) is 0. The number of hydrogen-bond donors (Lipinski definition) is 1. The van der Waals surface area contributed by atoms with Crippen molar-refractivity contribution in [3.63, 3.8) is 0 Å². The Kier molecular flexibility index (Phi) is 3.57. The predicted molar refractivity (Wildman–Crippen MR) is 57.4 cm³/mol. The van der Waals surface area contributed by atoms with Gasteiger partial charge < -0.3 is 0 Å². The highest BCUT2D eigenvalue weighted by molar-refractivity contribution is 8.35. The molecular formula is C9H15BS. The maximum atomic E-state index is 2.36. The lowest BCUT2D eigenvalue weighted by Gasteiger charge is -2.14. The molecule has 11 heavy (non-hydrogen) atoms. The molecule has 0 aliphatic rings. The van der Waals surface area contributed by atoms with E-state index in [0.29, 0.717) is 0 Å². The van der Waals surface area contributed by atoms with Crippen LogP contribution >= 0.6 is 10.7 Å². The first-order valence-electron chi connectivity index (χ1n) is 4.10. The topological polar surface area (TPSA) is 0 Å². The van der Waals surface area contributed by atoms with Gasteiger partial charge in [-0.2, -0.15) is 0 Å². The van der Waals surface area contributed by atoms with E-state index >= 15 is 0 Å². The molecular weight excluding hydrogens is 151 g/mol. The minimum atomic E-state index is 0.124. The summed E-state index contributed by atoms with van der Waals surface area (Å²) in [5, 5.41) is 0. The summed E-state index contributed by atoms with van der Waals surface area (Å²) in [6.07, 6.45) is 1.30. The lowest BCUT2D eigenvalue weighted by Crippen LogP contribution is -1.86. The normalized spacial score (nSPS) is 14.5. The Balaban J connectivity index is 2.61. The highest BCUT2D eigenvalue weighted by atomic mass is 32.2. The van der Waals surface area contributed by atoms with Crippen molar-refractivity contribution >= 4 is 17.9 Å². The molecule has 0 heterocycles. The molecule has 1 aromatic rings. The van der Waals surface area contributed by atoms with Crippen LogP contribution in [0.1, 0.15) is 13.3 Å². The fourth-order valence-electron chi connectivity index (χ4n) is 1.15. The first kappa shape index (κ1) is 8.73. The summed E-state index contributed by atoms with van der Waals surface area (Å²) < 4.78 is 0. The van der Waals surface area contributed by atoms with Crippen LogP contribution in [0.4, 0.5) is 0 Å². The summed E-state index contributed by atoms with van der Waals surface area (Å²) in [5.41, 5.74) is 0. The minimum Gasteiger partial charge on any atom is -0.263 e. The van der Waals surface area contributed by atoms with E-state index < -0.39 is 0 Å². The van der Waals surface area contributed by atoms with Gasteiger partial charge in [-0.15, -0.1) is 0 Å². The number of thiol groups is 1. The molecule has 60 valence electrons. The molecule has 1 unspecified atom stereocenters. The quantitative estimate of drug-likeness (QED) is 0.515. The largest absolute Gasteiger partial charge is 0.263 e. The molecule has 0 bridgehead atoms. The maximum Gasteiger partial charge on any atom is 0.155 e. The summed E-state index contributed by atoms with van der Waals surface area (Å²) in [4.78, 5) is 1.53. The van der Waals surface area contributed by atoms with Gasteiger partial charge in [0.2, 0.25) is 0 Å². The predicted octanol–water partition coefficient (Wildman–Crippen LogP) is 2.00. The van der Waals surface area contributed by atoms with Crippen molar-refractivity contribution in [2.24, 2.45) is 0 Å². The summed E-state index contributed by atoms with van der Waals surface area (Å²) in [5.74, 6) is 1.36. The van der Waals surface area contributed by atoms with Crippen molar-refractivity contribution in [2.45, 2.75) is 18.2 Å². The number of rotatable bonds is 3. The van der Waals surface area contributed by atoms with Crippen molar-refractivity contribution in [3.8, 4) is 0 Å². The molecule has 1 rings (SSSR count). The third-order valence-corrected chi connectivity index (χ3v) is 4.05. The molecule has 0 fully saturated rings. The van der Waals surface area contributed by atoms with Gasteiger partial charge in [0.1, 0.15) is 0 Å². The van der Waals surface area contributed by atoms with E-state index in [1.807, 2.05) is 0 Å². The van der Waals surface area contributed by atoms with Gasteiger partial charge in [0.05, 0.1) is 0 Å². The van der Waals surface area contributed by atoms with E-state index in [1.54, 1.807) is 0 Å². The highest BCUT2D eigenvalue weighted by Crippen LogP contribution is 2.30. The van der Waals surface area contributed by atoms with Crippen LogP contribution in [0, 0.1) is 0 Å². The van der Waals surface area contributed by atoms with Crippen molar-refractivity contribution in [2.75, 3.05) is 5.75 Å². The highest BCUT2D eigenvalue weighted by Gasteiger charge is 1.96. The first-order valence-corrected chi connectivity index (χ1v) is 6.08. The molecule has 1 aromatic carbocycles. The molecule has 0 N–H and O–H groups in total. The molecule has 0 saturated carbocycles. The van der Waals surface area contributed by atoms with Gasteiger partial charge in [0.25, 0.3) is 0 Å². The molecule has 0 spiro atoms. The van der Waals surface area contributed by atoms with Crippen LogP contribution in [0.5, 0.6) is 0 Å². The monoisotopic (exact) mass is 166 g/mol. The second kappa shape index (κ2) is 4.50. The smallest absolute Gasteiger partial charge is 0.155 e. The van der Waals surface area contributed by atoms with Gasteiger partial charge in [0.15, 0.2) is 7.12 Å². The van der Waals surface area contributed by atoms with E-state index in [2.05, 4.69) is 44.4 Å². The van der Waals surface area contributed by atoms with Gasteiger partial charge in [0, 0.05) is 0 Å². The van der Waals surface area contributed by atoms with Gasteiger partial charge >= 0.3 is 0 Å². The van der Waals surface area contributed by atoms with Crippen molar-refractivity contribution in [1.29, 1.82) is 0 Å². The van der Waals surface area contributed by atoms with Crippen LogP contribution in [0.3, 0.4) is 0 Å². The Morgan fingerprint density at radius 2 is 1.91 bits per heavy atom. The summed E-state index contributed by atoms with van der Waals surface area (Å²) in [6, 6.07) is 10.8. The van der Waals surface area contributed by atoms with E-state index in [-0.39, 0.29) is 10.7 Å². The van der Waals surface area contributed by atoms with E-state index in [1.165, 1.54) is 17.1 Å². The fraction of sp³-hybridized carbons (Fsp3) is 0.333. The molecule has 0 aliphatic carbocycles. The van der Waals surface area contributed by atoms with Crippen LogP contribution in [0.25, 0.3) is 0 Å².